The van der Waals surface area contributed by atoms with E-state index in [1.165, 1.54) is 12.3 Å². The largest absolute Gasteiger partial charge is 0.356 e. The maximum Gasteiger partial charge on any atom is 0.190 e. The Morgan fingerprint density at radius 1 is 1.07 bits per heavy atom. The van der Waals surface area contributed by atoms with Crippen LogP contribution in [0.2, 0.25) is 5.02 Å². The zero-order chi connectivity index (χ0) is 19.9. The third-order valence-corrected chi connectivity index (χ3v) is 5.49. The summed E-state index contributed by atoms with van der Waals surface area (Å²) in [6, 6.07) is 11.5. The molecule has 0 aliphatic rings. The second-order valence-electron chi connectivity index (χ2n) is 6.04. The Morgan fingerprint density at radius 3 is 2.26 bits per heavy atom. The van der Waals surface area contributed by atoms with Crippen LogP contribution in [-0.2, 0) is 22.7 Å². The molecule has 146 valence electrons. The van der Waals surface area contributed by atoms with Crippen LogP contribution in [0.15, 0.2) is 52.4 Å². The number of hydrogen-bond acceptors (Lipinski definition) is 3. The van der Waals surface area contributed by atoms with Crippen molar-refractivity contribution in [2.75, 3.05) is 26.4 Å². The number of aliphatic imine (C=N–C) groups is 1. The van der Waals surface area contributed by atoms with Gasteiger partial charge in [0.1, 0.15) is 5.82 Å². The van der Waals surface area contributed by atoms with E-state index in [9.17, 15) is 12.8 Å². The number of rotatable bonds is 7. The van der Waals surface area contributed by atoms with Gasteiger partial charge in [0.05, 0.1) is 4.90 Å². The Hall–Kier alpha value is -2.12. The standard InChI is InChI=1S/C19H23ClFN3O2S/c1-22-19(24-13-11-16-17(20)4-3-5-18(16)21)23-12-10-14-6-8-15(9-7-14)27(2,25)26/h3-9H,10-13H2,1-2H3,(H2,22,23,24). The lowest BCUT2D eigenvalue weighted by Crippen LogP contribution is -2.39. The number of hydrogen-bond donors (Lipinski definition) is 2. The zero-order valence-corrected chi connectivity index (χ0v) is 16.9. The minimum Gasteiger partial charge on any atom is -0.356 e. The van der Waals surface area contributed by atoms with Crippen molar-refractivity contribution in [1.29, 1.82) is 0 Å². The molecule has 0 bridgehead atoms. The smallest absolute Gasteiger partial charge is 0.190 e. The average molecular weight is 412 g/mol. The maximum absolute atomic E-state index is 13.8. The Morgan fingerprint density at radius 2 is 1.70 bits per heavy atom. The quantitative estimate of drug-likeness (QED) is 0.543. The monoisotopic (exact) mass is 411 g/mol. The first kappa shape index (κ1) is 21.2. The average Bonchev–Trinajstić information content (AvgIpc) is 2.62. The summed E-state index contributed by atoms with van der Waals surface area (Å²) >= 11 is 6.02. The van der Waals surface area contributed by atoms with Crippen molar-refractivity contribution in [3.05, 3.63) is 64.4 Å². The van der Waals surface area contributed by atoms with Gasteiger partial charge in [-0.15, -0.1) is 0 Å². The van der Waals surface area contributed by atoms with E-state index in [0.29, 0.717) is 47.4 Å². The molecule has 27 heavy (non-hydrogen) atoms. The molecule has 0 saturated heterocycles. The Bertz CT molecular complexity index is 879. The number of guanidine groups is 1. The van der Waals surface area contributed by atoms with Gasteiger partial charge in [-0.2, -0.15) is 0 Å². The molecule has 0 spiro atoms. The molecule has 0 amide bonds. The molecule has 0 heterocycles. The number of nitrogens with one attached hydrogen (secondary N) is 2. The summed E-state index contributed by atoms with van der Waals surface area (Å²) in [6.07, 6.45) is 2.34. The summed E-state index contributed by atoms with van der Waals surface area (Å²) in [7, 11) is -1.52. The highest BCUT2D eigenvalue weighted by Crippen LogP contribution is 2.18. The summed E-state index contributed by atoms with van der Waals surface area (Å²) in [5.74, 6) is 0.292. The van der Waals surface area contributed by atoms with Crippen molar-refractivity contribution in [2.45, 2.75) is 17.7 Å². The molecule has 0 aromatic heterocycles. The molecule has 0 fully saturated rings. The molecule has 2 N–H and O–H groups in total. The molecule has 0 saturated carbocycles. The first-order valence-corrected chi connectivity index (χ1v) is 10.7. The molecule has 2 rings (SSSR count). The van der Waals surface area contributed by atoms with Crippen LogP contribution in [-0.4, -0.2) is 40.8 Å². The van der Waals surface area contributed by atoms with Gasteiger partial charge >= 0.3 is 0 Å². The van der Waals surface area contributed by atoms with Crippen molar-refractivity contribution in [3.63, 3.8) is 0 Å². The van der Waals surface area contributed by atoms with Gasteiger partial charge in [-0.1, -0.05) is 29.8 Å². The second-order valence-corrected chi connectivity index (χ2v) is 8.47. The lowest BCUT2D eigenvalue weighted by molar-refractivity contribution is 0.601. The van der Waals surface area contributed by atoms with Crippen molar-refractivity contribution in [1.82, 2.24) is 10.6 Å². The van der Waals surface area contributed by atoms with Crippen molar-refractivity contribution < 1.29 is 12.8 Å². The molecule has 0 unspecified atom stereocenters. The fourth-order valence-electron chi connectivity index (χ4n) is 2.53. The number of sulfone groups is 1. The van der Waals surface area contributed by atoms with Crippen LogP contribution < -0.4 is 10.6 Å². The van der Waals surface area contributed by atoms with Gasteiger partial charge in [0, 0.05) is 37.0 Å². The van der Waals surface area contributed by atoms with E-state index in [1.807, 2.05) is 0 Å². The van der Waals surface area contributed by atoms with Gasteiger partial charge in [-0.05, 0) is 42.7 Å². The van der Waals surface area contributed by atoms with E-state index in [2.05, 4.69) is 15.6 Å². The molecular weight excluding hydrogens is 389 g/mol. The topological polar surface area (TPSA) is 70.6 Å². The van der Waals surface area contributed by atoms with Crippen LogP contribution in [0.25, 0.3) is 0 Å². The second kappa shape index (κ2) is 9.71. The highest BCUT2D eigenvalue weighted by Gasteiger charge is 2.08. The van der Waals surface area contributed by atoms with Gasteiger partial charge in [0.15, 0.2) is 15.8 Å². The number of halogens is 2. The summed E-state index contributed by atoms with van der Waals surface area (Å²) < 4.78 is 36.7. The first-order valence-electron chi connectivity index (χ1n) is 8.47. The van der Waals surface area contributed by atoms with E-state index in [-0.39, 0.29) is 5.82 Å². The summed E-state index contributed by atoms with van der Waals surface area (Å²) in [5, 5.41) is 6.71. The molecule has 8 heteroatoms. The van der Waals surface area contributed by atoms with Gasteiger partial charge in [-0.3, -0.25) is 4.99 Å². The van der Waals surface area contributed by atoms with Crippen LogP contribution in [0.4, 0.5) is 4.39 Å². The predicted molar refractivity (Wildman–Crippen MR) is 108 cm³/mol. The van der Waals surface area contributed by atoms with Gasteiger partial charge in [-0.25, -0.2) is 12.8 Å². The van der Waals surface area contributed by atoms with Crippen LogP contribution in [0, 0.1) is 5.82 Å². The fraction of sp³-hybridized carbons (Fsp3) is 0.316. The predicted octanol–water partition coefficient (Wildman–Crippen LogP) is 2.83. The molecule has 0 aliphatic carbocycles. The van der Waals surface area contributed by atoms with E-state index < -0.39 is 9.84 Å². The van der Waals surface area contributed by atoms with Gasteiger partial charge in [0.25, 0.3) is 0 Å². The summed E-state index contributed by atoms with van der Waals surface area (Å²) in [6.45, 7) is 1.11. The molecular formula is C19H23ClFN3O2S. The summed E-state index contributed by atoms with van der Waals surface area (Å²) in [4.78, 5) is 4.44. The fourth-order valence-corrected chi connectivity index (χ4v) is 3.41. The molecule has 0 aliphatic heterocycles. The van der Waals surface area contributed by atoms with Crippen molar-refractivity contribution >= 4 is 27.4 Å². The highest BCUT2D eigenvalue weighted by molar-refractivity contribution is 7.90. The first-order chi connectivity index (χ1) is 12.8. The van der Waals surface area contributed by atoms with Crippen LogP contribution in [0.5, 0.6) is 0 Å². The highest BCUT2D eigenvalue weighted by atomic mass is 35.5. The molecule has 0 atom stereocenters. The SMILES string of the molecule is CN=C(NCCc1ccc(S(C)(=O)=O)cc1)NCCc1c(F)cccc1Cl. The summed E-state index contributed by atoms with van der Waals surface area (Å²) in [5.41, 5.74) is 1.50. The van der Waals surface area contributed by atoms with Crippen LogP contribution >= 0.6 is 11.6 Å². The molecule has 0 radical (unpaired) electrons. The van der Waals surface area contributed by atoms with Crippen molar-refractivity contribution in [3.8, 4) is 0 Å². The molecule has 2 aromatic carbocycles. The lowest BCUT2D eigenvalue weighted by atomic mass is 10.1. The molecule has 2 aromatic rings. The number of benzene rings is 2. The van der Waals surface area contributed by atoms with Crippen LogP contribution in [0.1, 0.15) is 11.1 Å². The lowest BCUT2D eigenvalue weighted by Gasteiger charge is -2.13. The maximum atomic E-state index is 13.8. The normalized spacial score (nSPS) is 12.1. The Balaban J connectivity index is 1.79. The minimum atomic E-state index is -3.18. The van der Waals surface area contributed by atoms with Crippen molar-refractivity contribution in [2.24, 2.45) is 4.99 Å². The zero-order valence-electron chi connectivity index (χ0n) is 15.3. The molecule has 5 nitrogen and oxygen atoms in total. The third-order valence-electron chi connectivity index (χ3n) is 4.01. The third kappa shape index (κ3) is 6.52. The van der Waals surface area contributed by atoms with Gasteiger partial charge in [0.2, 0.25) is 0 Å². The van der Waals surface area contributed by atoms with Crippen LogP contribution in [0.3, 0.4) is 0 Å². The Labute approximate surface area is 164 Å². The van der Waals surface area contributed by atoms with E-state index in [4.69, 9.17) is 11.6 Å². The minimum absolute atomic E-state index is 0.309. The van der Waals surface area contributed by atoms with E-state index in [0.717, 1.165) is 5.56 Å². The van der Waals surface area contributed by atoms with E-state index in [1.54, 1.807) is 43.4 Å². The Kier molecular flexibility index (Phi) is 7.62. The number of nitrogens with zero attached hydrogens (tertiary/aromatic N) is 1. The van der Waals surface area contributed by atoms with E-state index >= 15 is 0 Å². The van der Waals surface area contributed by atoms with Gasteiger partial charge < -0.3 is 10.6 Å².